The quantitative estimate of drug-likeness (QED) is 0.560. The first-order valence-corrected chi connectivity index (χ1v) is 7.92. The van der Waals surface area contributed by atoms with Crippen molar-refractivity contribution in [1.29, 1.82) is 0 Å². The lowest BCUT2D eigenvalue weighted by atomic mass is 9.98. The van der Waals surface area contributed by atoms with Crippen molar-refractivity contribution in [2.24, 2.45) is 0 Å². The summed E-state index contributed by atoms with van der Waals surface area (Å²) in [7, 11) is 0. The van der Waals surface area contributed by atoms with Gasteiger partial charge >= 0.3 is 0 Å². The second-order valence-corrected chi connectivity index (χ2v) is 6.34. The van der Waals surface area contributed by atoms with Gasteiger partial charge in [-0.1, -0.05) is 65.7 Å². The van der Waals surface area contributed by atoms with Gasteiger partial charge in [0.2, 0.25) is 5.91 Å². The number of halogens is 3. The fourth-order valence-corrected chi connectivity index (χ4v) is 3.23. The Balaban J connectivity index is 1.87. The van der Waals surface area contributed by atoms with Crippen LogP contribution in [0.1, 0.15) is 5.56 Å². The Hall–Kier alpha value is -1.48. The van der Waals surface area contributed by atoms with E-state index in [1.54, 1.807) is 23.1 Å². The molecule has 0 bridgehead atoms. The van der Waals surface area contributed by atoms with Crippen LogP contribution in [-0.4, -0.2) is 17.3 Å². The molecule has 1 fully saturated rings. The fraction of sp³-hybridized carbons (Fsp3) is 0.118. The predicted octanol–water partition coefficient (Wildman–Crippen LogP) is 5.03. The zero-order valence-electron chi connectivity index (χ0n) is 11.4. The molecule has 1 aliphatic rings. The number of alkyl halides is 1. The van der Waals surface area contributed by atoms with Crippen LogP contribution >= 0.6 is 34.8 Å². The Labute approximate surface area is 143 Å². The molecule has 22 heavy (non-hydrogen) atoms. The topological polar surface area (TPSA) is 20.3 Å². The van der Waals surface area contributed by atoms with E-state index in [0.717, 1.165) is 5.56 Å². The second-order valence-electron chi connectivity index (χ2n) is 5.00. The first-order chi connectivity index (χ1) is 10.6. The van der Waals surface area contributed by atoms with Gasteiger partial charge in [-0.05, 0) is 23.8 Å². The minimum atomic E-state index is -0.572. The molecule has 0 aromatic heterocycles. The third-order valence-corrected chi connectivity index (χ3v) is 4.36. The number of carbonyl (C=O) groups is 1. The summed E-state index contributed by atoms with van der Waals surface area (Å²) >= 11 is 18.2. The van der Waals surface area contributed by atoms with Crippen molar-refractivity contribution in [2.75, 3.05) is 4.90 Å². The van der Waals surface area contributed by atoms with Gasteiger partial charge in [0.1, 0.15) is 5.38 Å². The summed E-state index contributed by atoms with van der Waals surface area (Å²) in [5, 5.41) is 0.399. The van der Waals surface area contributed by atoms with Gasteiger partial charge in [0.15, 0.2) is 0 Å². The minimum Gasteiger partial charge on any atom is -0.302 e. The summed E-state index contributed by atoms with van der Waals surface area (Å²) in [6, 6.07) is 14.7. The first-order valence-electron chi connectivity index (χ1n) is 6.73. The largest absolute Gasteiger partial charge is 0.302 e. The zero-order valence-corrected chi connectivity index (χ0v) is 13.7. The lowest BCUT2D eigenvalue weighted by Gasteiger charge is -2.42. The molecule has 0 N–H and O–H groups in total. The van der Waals surface area contributed by atoms with Crippen LogP contribution in [0.4, 0.5) is 5.69 Å². The van der Waals surface area contributed by atoms with Crippen LogP contribution in [0.15, 0.2) is 54.6 Å². The Morgan fingerprint density at radius 1 is 1.00 bits per heavy atom. The third-order valence-electron chi connectivity index (χ3n) is 3.48. The minimum absolute atomic E-state index is 0.150. The molecule has 0 saturated carbocycles. The molecule has 112 valence electrons. The van der Waals surface area contributed by atoms with Crippen molar-refractivity contribution in [3.8, 4) is 0 Å². The normalized spacial score (nSPS) is 21.2. The summed E-state index contributed by atoms with van der Waals surface area (Å²) in [5.74, 6) is -0.150. The number of carbonyl (C=O) groups excluding carboxylic acids is 1. The number of hydrogen-bond donors (Lipinski definition) is 0. The Bertz CT molecular complexity index is 710. The van der Waals surface area contributed by atoms with Gasteiger partial charge in [0.05, 0.1) is 6.04 Å². The van der Waals surface area contributed by atoms with Crippen molar-refractivity contribution >= 4 is 52.5 Å². The van der Waals surface area contributed by atoms with E-state index in [0.29, 0.717) is 15.7 Å². The van der Waals surface area contributed by atoms with Crippen LogP contribution < -0.4 is 4.90 Å². The number of anilines is 1. The predicted molar refractivity (Wildman–Crippen MR) is 92.9 cm³/mol. The number of amides is 1. The van der Waals surface area contributed by atoms with Crippen molar-refractivity contribution in [3.63, 3.8) is 0 Å². The van der Waals surface area contributed by atoms with Gasteiger partial charge in [-0.2, -0.15) is 0 Å². The van der Waals surface area contributed by atoms with E-state index < -0.39 is 5.38 Å². The lowest BCUT2D eigenvalue weighted by molar-refractivity contribution is -0.122. The molecule has 2 unspecified atom stereocenters. The third kappa shape index (κ3) is 3.00. The van der Waals surface area contributed by atoms with Crippen LogP contribution in [0.25, 0.3) is 6.08 Å². The van der Waals surface area contributed by atoms with Crippen LogP contribution in [0.3, 0.4) is 0 Å². The summed E-state index contributed by atoms with van der Waals surface area (Å²) in [6.07, 6.45) is 3.87. The van der Waals surface area contributed by atoms with E-state index in [4.69, 9.17) is 34.8 Å². The second kappa shape index (κ2) is 6.33. The number of β-lactam (4-membered cyclic amide) rings is 1. The Kier molecular flexibility index (Phi) is 4.44. The molecule has 2 nitrogen and oxygen atoms in total. The molecule has 5 heteroatoms. The molecule has 1 saturated heterocycles. The van der Waals surface area contributed by atoms with Gasteiger partial charge in [-0.25, -0.2) is 0 Å². The Morgan fingerprint density at radius 2 is 1.64 bits per heavy atom. The monoisotopic (exact) mass is 351 g/mol. The Morgan fingerprint density at radius 3 is 2.27 bits per heavy atom. The highest BCUT2D eigenvalue weighted by molar-refractivity contribution is 6.38. The summed E-state index contributed by atoms with van der Waals surface area (Å²) < 4.78 is 0. The molecule has 0 aliphatic carbocycles. The molecule has 1 heterocycles. The lowest BCUT2D eigenvalue weighted by Crippen LogP contribution is -2.61. The molecule has 2 atom stereocenters. The van der Waals surface area contributed by atoms with E-state index >= 15 is 0 Å². The SMILES string of the molecule is O=C1C(Cl)C(/C=C/c2ccccc2)N1c1cc(Cl)cc(Cl)c1. The van der Waals surface area contributed by atoms with Crippen molar-refractivity contribution in [3.05, 3.63) is 70.2 Å². The van der Waals surface area contributed by atoms with Gasteiger partial charge in [0, 0.05) is 15.7 Å². The maximum absolute atomic E-state index is 12.1. The molecule has 0 spiro atoms. The van der Waals surface area contributed by atoms with Crippen LogP contribution in [0, 0.1) is 0 Å². The van der Waals surface area contributed by atoms with E-state index in [-0.39, 0.29) is 11.9 Å². The molecule has 2 aromatic rings. The standard InChI is InChI=1S/C17H12Cl3NO/c18-12-8-13(19)10-14(9-12)21-15(16(20)17(21)22)7-6-11-4-2-1-3-5-11/h1-10,15-16H/b7-6+. The van der Waals surface area contributed by atoms with Crippen LogP contribution in [-0.2, 0) is 4.79 Å². The molecule has 0 radical (unpaired) electrons. The molecular weight excluding hydrogens is 341 g/mol. The number of nitrogens with zero attached hydrogens (tertiary/aromatic N) is 1. The van der Waals surface area contributed by atoms with Crippen LogP contribution in [0.5, 0.6) is 0 Å². The number of benzene rings is 2. The van der Waals surface area contributed by atoms with Gasteiger partial charge in [-0.3, -0.25) is 4.79 Å². The average Bonchev–Trinajstić information content (AvgIpc) is 2.50. The summed E-state index contributed by atoms with van der Waals surface area (Å²) in [6.45, 7) is 0. The highest BCUT2D eigenvalue weighted by Gasteiger charge is 2.45. The maximum atomic E-state index is 12.1. The van der Waals surface area contributed by atoms with E-state index in [1.165, 1.54) is 0 Å². The number of rotatable bonds is 3. The van der Waals surface area contributed by atoms with E-state index in [2.05, 4.69) is 0 Å². The average molecular weight is 353 g/mol. The molecule has 1 amide bonds. The fourth-order valence-electron chi connectivity index (χ4n) is 2.41. The first kappa shape index (κ1) is 15.4. The van der Waals surface area contributed by atoms with E-state index in [1.807, 2.05) is 42.5 Å². The summed E-state index contributed by atoms with van der Waals surface area (Å²) in [5.41, 5.74) is 1.71. The zero-order chi connectivity index (χ0) is 15.7. The van der Waals surface area contributed by atoms with Crippen LogP contribution in [0.2, 0.25) is 10.0 Å². The van der Waals surface area contributed by atoms with Crippen molar-refractivity contribution in [2.45, 2.75) is 11.4 Å². The summed E-state index contributed by atoms with van der Waals surface area (Å²) in [4.78, 5) is 13.7. The van der Waals surface area contributed by atoms with Gasteiger partial charge in [0.25, 0.3) is 0 Å². The highest BCUT2D eigenvalue weighted by Crippen LogP contribution is 2.35. The van der Waals surface area contributed by atoms with Gasteiger partial charge in [-0.15, -0.1) is 11.6 Å². The van der Waals surface area contributed by atoms with Crippen molar-refractivity contribution < 1.29 is 4.79 Å². The molecular formula is C17H12Cl3NO. The van der Waals surface area contributed by atoms with E-state index in [9.17, 15) is 4.79 Å². The molecule has 3 rings (SSSR count). The van der Waals surface area contributed by atoms with Gasteiger partial charge < -0.3 is 4.90 Å². The number of hydrogen-bond acceptors (Lipinski definition) is 1. The smallest absolute Gasteiger partial charge is 0.248 e. The van der Waals surface area contributed by atoms with Crippen molar-refractivity contribution in [1.82, 2.24) is 0 Å². The molecule has 1 aliphatic heterocycles. The maximum Gasteiger partial charge on any atom is 0.248 e. The highest BCUT2D eigenvalue weighted by atomic mass is 35.5. The molecule has 2 aromatic carbocycles.